The third kappa shape index (κ3) is 4.92. The summed E-state index contributed by atoms with van der Waals surface area (Å²) in [4.78, 5) is 23.5. The molecule has 0 heterocycles. The van der Waals surface area contributed by atoms with E-state index in [1.807, 2.05) is 0 Å². The molecule has 0 aliphatic rings. The SMILES string of the molecule is CCN(CC(C)(C)O)C(=O)c1ccc(C(F)(F)F)cc1[N+](=O)[O-]. The minimum absolute atomic E-state index is 0.111. The Bertz CT molecular complexity index is 609. The number of nitrogens with zero attached hydrogens (tertiary/aromatic N) is 2. The van der Waals surface area contributed by atoms with Crippen molar-refractivity contribution in [2.75, 3.05) is 13.1 Å². The Balaban J connectivity index is 3.30. The van der Waals surface area contributed by atoms with E-state index in [4.69, 9.17) is 0 Å². The highest BCUT2D eigenvalue weighted by Gasteiger charge is 2.35. The number of hydrogen-bond donors (Lipinski definition) is 1. The van der Waals surface area contributed by atoms with Gasteiger partial charge in [0.15, 0.2) is 0 Å². The molecule has 0 spiro atoms. The first-order chi connectivity index (χ1) is 10.4. The van der Waals surface area contributed by atoms with Crippen molar-refractivity contribution in [3.63, 3.8) is 0 Å². The normalized spacial score (nSPS) is 12.1. The molecule has 0 fully saturated rings. The minimum atomic E-state index is -4.75. The molecule has 0 aliphatic heterocycles. The first-order valence-corrected chi connectivity index (χ1v) is 6.74. The monoisotopic (exact) mass is 334 g/mol. The molecular formula is C14H17F3N2O4. The molecule has 1 amide bonds. The smallest absolute Gasteiger partial charge is 0.389 e. The lowest BCUT2D eigenvalue weighted by atomic mass is 10.1. The van der Waals surface area contributed by atoms with Crippen molar-refractivity contribution in [1.82, 2.24) is 4.90 Å². The molecule has 0 aromatic heterocycles. The predicted octanol–water partition coefficient (Wildman–Crippen LogP) is 2.85. The second-order valence-corrected chi connectivity index (χ2v) is 5.62. The van der Waals surface area contributed by atoms with Crippen molar-refractivity contribution in [2.45, 2.75) is 32.5 Å². The molecule has 0 saturated carbocycles. The fraction of sp³-hybridized carbons (Fsp3) is 0.500. The van der Waals surface area contributed by atoms with Crippen molar-refractivity contribution in [3.8, 4) is 0 Å². The van der Waals surface area contributed by atoms with Crippen molar-refractivity contribution >= 4 is 11.6 Å². The van der Waals surface area contributed by atoms with Crippen LogP contribution in [0.3, 0.4) is 0 Å². The molecule has 0 aliphatic carbocycles. The van der Waals surface area contributed by atoms with Crippen molar-refractivity contribution in [1.29, 1.82) is 0 Å². The van der Waals surface area contributed by atoms with Gasteiger partial charge in [-0.1, -0.05) is 0 Å². The summed E-state index contributed by atoms with van der Waals surface area (Å²) in [7, 11) is 0. The van der Waals surface area contributed by atoms with E-state index in [1.165, 1.54) is 13.8 Å². The van der Waals surface area contributed by atoms with Crippen LogP contribution < -0.4 is 0 Å². The Morgan fingerprint density at radius 1 is 1.35 bits per heavy atom. The summed E-state index contributed by atoms with van der Waals surface area (Å²) in [5.41, 5.74) is -3.81. The number of hydrogen-bond acceptors (Lipinski definition) is 4. The van der Waals surface area contributed by atoms with E-state index in [-0.39, 0.29) is 13.1 Å². The second kappa shape index (κ2) is 6.53. The highest BCUT2D eigenvalue weighted by Crippen LogP contribution is 2.33. The van der Waals surface area contributed by atoms with Gasteiger partial charge in [-0.25, -0.2) is 0 Å². The molecule has 6 nitrogen and oxygen atoms in total. The van der Waals surface area contributed by atoms with Gasteiger partial charge >= 0.3 is 6.18 Å². The number of carbonyl (C=O) groups is 1. The summed E-state index contributed by atoms with van der Waals surface area (Å²) in [6.45, 7) is 4.52. The molecule has 128 valence electrons. The summed E-state index contributed by atoms with van der Waals surface area (Å²) in [5.74, 6) is -0.810. The predicted molar refractivity (Wildman–Crippen MR) is 76.0 cm³/mol. The minimum Gasteiger partial charge on any atom is -0.389 e. The van der Waals surface area contributed by atoms with Gasteiger partial charge in [-0.05, 0) is 32.9 Å². The number of benzene rings is 1. The van der Waals surface area contributed by atoms with Crippen LogP contribution in [-0.4, -0.2) is 39.5 Å². The lowest BCUT2D eigenvalue weighted by Gasteiger charge is -2.28. The van der Waals surface area contributed by atoms with E-state index in [1.54, 1.807) is 6.92 Å². The average Bonchev–Trinajstić information content (AvgIpc) is 2.41. The molecule has 23 heavy (non-hydrogen) atoms. The van der Waals surface area contributed by atoms with Crippen LogP contribution in [0.5, 0.6) is 0 Å². The molecule has 0 atom stereocenters. The summed E-state index contributed by atoms with van der Waals surface area (Å²) < 4.78 is 38.0. The number of carbonyl (C=O) groups excluding carboxylic acids is 1. The third-order valence-electron chi connectivity index (χ3n) is 3.00. The summed E-state index contributed by atoms with van der Waals surface area (Å²) in [6, 6.07) is 1.75. The molecular weight excluding hydrogens is 317 g/mol. The second-order valence-electron chi connectivity index (χ2n) is 5.62. The van der Waals surface area contributed by atoms with Crippen LogP contribution in [0.25, 0.3) is 0 Å². The van der Waals surface area contributed by atoms with Crippen LogP contribution in [0.15, 0.2) is 18.2 Å². The lowest BCUT2D eigenvalue weighted by Crippen LogP contribution is -2.42. The maximum absolute atomic E-state index is 12.7. The Hall–Kier alpha value is -2.16. The first-order valence-electron chi connectivity index (χ1n) is 6.74. The highest BCUT2D eigenvalue weighted by molar-refractivity contribution is 5.98. The highest BCUT2D eigenvalue weighted by atomic mass is 19.4. The zero-order chi connectivity index (χ0) is 18.0. The number of aliphatic hydroxyl groups is 1. The molecule has 1 N–H and O–H groups in total. The van der Waals surface area contributed by atoms with E-state index in [2.05, 4.69) is 0 Å². The van der Waals surface area contributed by atoms with Crippen LogP contribution in [0.4, 0.5) is 18.9 Å². The number of likely N-dealkylation sites (N-methyl/N-ethyl adjacent to an activating group) is 1. The fourth-order valence-corrected chi connectivity index (χ4v) is 2.00. The third-order valence-corrected chi connectivity index (χ3v) is 3.00. The summed E-state index contributed by atoms with van der Waals surface area (Å²) in [6.07, 6.45) is -4.75. The van der Waals surface area contributed by atoms with Gasteiger partial charge in [0, 0.05) is 19.2 Å². The molecule has 1 aromatic rings. The van der Waals surface area contributed by atoms with Crippen molar-refractivity contribution < 1.29 is 28.0 Å². The number of alkyl halides is 3. The Morgan fingerprint density at radius 3 is 2.30 bits per heavy atom. The Morgan fingerprint density at radius 2 is 1.91 bits per heavy atom. The van der Waals surface area contributed by atoms with Crippen LogP contribution in [0, 0.1) is 10.1 Å². The molecule has 0 saturated heterocycles. The Labute approximate surface area is 130 Å². The summed E-state index contributed by atoms with van der Waals surface area (Å²) >= 11 is 0. The number of nitro groups is 1. The Kier molecular flexibility index (Phi) is 5.36. The summed E-state index contributed by atoms with van der Waals surface area (Å²) in [5, 5.41) is 20.8. The van der Waals surface area contributed by atoms with E-state index in [0.29, 0.717) is 12.1 Å². The molecule has 9 heteroatoms. The fourth-order valence-electron chi connectivity index (χ4n) is 2.00. The van der Waals surface area contributed by atoms with Gasteiger partial charge in [-0.15, -0.1) is 0 Å². The van der Waals surface area contributed by atoms with Crippen LogP contribution >= 0.6 is 0 Å². The van der Waals surface area contributed by atoms with Gasteiger partial charge in [0.1, 0.15) is 5.56 Å². The number of halogens is 3. The van der Waals surface area contributed by atoms with E-state index < -0.39 is 39.4 Å². The number of rotatable bonds is 5. The molecule has 0 unspecified atom stereocenters. The molecule has 0 radical (unpaired) electrons. The van der Waals surface area contributed by atoms with Gasteiger partial charge in [-0.2, -0.15) is 13.2 Å². The van der Waals surface area contributed by atoms with Crippen LogP contribution in [-0.2, 0) is 6.18 Å². The van der Waals surface area contributed by atoms with Gasteiger partial charge in [0.05, 0.1) is 16.1 Å². The van der Waals surface area contributed by atoms with E-state index in [0.717, 1.165) is 11.0 Å². The van der Waals surface area contributed by atoms with E-state index >= 15 is 0 Å². The average molecular weight is 334 g/mol. The molecule has 0 bridgehead atoms. The van der Waals surface area contributed by atoms with Crippen LogP contribution in [0.1, 0.15) is 36.7 Å². The molecule has 1 rings (SSSR count). The maximum Gasteiger partial charge on any atom is 0.416 e. The number of nitro benzene ring substituents is 1. The lowest BCUT2D eigenvalue weighted by molar-refractivity contribution is -0.385. The van der Waals surface area contributed by atoms with Gasteiger partial charge < -0.3 is 10.0 Å². The largest absolute Gasteiger partial charge is 0.416 e. The van der Waals surface area contributed by atoms with Crippen molar-refractivity contribution in [3.05, 3.63) is 39.4 Å². The van der Waals surface area contributed by atoms with Crippen LogP contribution in [0.2, 0.25) is 0 Å². The van der Waals surface area contributed by atoms with Crippen molar-refractivity contribution in [2.24, 2.45) is 0 Å². The topological polar surface area (TPSA) is 83.7 Å². The van der Waals surface area contributed by atoms with Gasteiger partial charge in [-0.3, -0.25) is 14.9 Å². The quantitative estimate of drug-likeness (QED) is 0.663. The first kappa shape index (κ1) is 18.9. The number of amides is 1. The zero-order valence-electron chi connectivity index (χ0n) is 12.8. The zero-order valence-corrected chi connectivity index (χ0v) is 12.8. The van der Waals surface area contributed by atoms with E-state index in [9.17, 15) is 33.2 Å². The maximum atomic E-state index is 12.7. The van der Waals surface area contributed by atoms with Gasteiger partial charge in [0.2, 0.25) is 0 Å². The molecule has 1 aromatic carbocycles. The standard InChI is InChI=1S/C14H17F3N2O4/c1-4-18(8-13(2,3)21)12(20)10-6-5-9(14(15,16)17)7-11(10)19(22)23/h5-7,21H,4,8H2,1-3H3. The van der Waals surface area contributed by atoms with Gasteiger partial charge in [0.25, 0.3) is 11.6 Å².